The van der Waals surface area contributed by atoms with Crippen molar-refractivity contribution in [1.29, 1.82) is 0 Å². The van der Waals surface area contributed by atoms with Gasteiger partial charge in [-0.15, -0.1) is 11.8 Å². The summed E-state index contributed by atoms with van der Waals surface area (Å²) in [4.78, 5) is 27.8. The standard InChI is InChI=1S/C22H21ClN4O2S/c1-25(20(28)13-26-15-30-14-21(26)29)11-17-12-27(19-5-3-2-4-6-19)24-22(17)16-7-9-18(23)10-8-16/h2-10,12H,11,13-15H2,1H3. The van der Waals surface area contributed by atoms with Gasteiger partial charge in [0.1, 0.15) is 6.54 Å². The number of hydrogen-bond acceptors (Lipinski definition) is 4. The molecule has 30 heavy (non-hydrogen) atoms. The first kappa shape index (κ1) is 20.5. The first-order valence-corrected chi connectivity index (χ1v) is 11.0. The molecular weight excluding hydrogens is 420 g/mol. The Bertz CT molecular complexity index is 1050. The van der Waals surface area contributed by atoms with Crippen LogP contribution in [-0.2, 0) is 16.1 Å². The molecule has 1 aromatic heterocycles. The van der Waals surface area contributed by atoms with Crippen LogP contribution in [0.5, 0.6) is 0 Å². The quantitative estimate of drug-likeness (QED) is 0.586. The molecule has 2 aromatic carbocycles. The first-order valence-electron chi connectivity index (χ1n) is 9.50. The third kappa shape index (κ3) is 4.52. The highest BCUT2D eigenvalue weighted by Crippen LogP contribution is 2.26. The minimum atomic E-state index is -0.0969. The van der Waals surface area contributed by atoms with Crippen LogP contribution >= 0.6 is 23.4 Å². The molecule has 0 radical (unpaired) electrons. The predicted molar refractivity (Wildman–Crippen MR) is 120 cm³/mol. The van der Waals surface area contributed by atoms with Crippen molar-refractivity contribution >= 4 is 35.2 Å². The van der Waals surface area contributed by atoms with Crippen LogP contribution in [0.3, 0.4) is 0 Å². The van der Waals surface area contributed by atoms with E-state index >= 15 is 0 Å². The largest absolute Gasteiger partial charge is 0.340 e. The Kier molecular flexibility index (Phi) is 6.11. The molecule has 0 saturated carbocycles. The van der Waals surface area contributed by atoms with E-state index < -0.39 is 0 Å². The number of halogens is 1. The van der Waals surface area contributed by atoms with E-state index in [1.54, 1.807) is 16.8 Å². The van der Waals surface area contributed by atoms with Crippen LogP contribution < -0.4 is 0 Å². The lowest BCUT2D eigenvalue weighted by Gasteiger charge is -2.21. The molecule has 4 rings (SSSR count). The summed E-state index contributed by atoms with van der Waals surface area (Å²) in [6.07, 6.45) is 1.94. The number of amides is 2. The zero-order valence-electron chi connectivity index (χ0n) is 16.5. The van der Waals surface area contributed by atoms with Crippen molar-refractivity contribution < 1.29 is 9.59 Å². The van der Waals surface area contributed by atoms with E-state index in [1.165, 1.54) is 11.8 Å². The number of thioether (sulfide) groups is 1. The van der Waals surface area contributed by atoms with Gasteiger partial charge in [0.25, 0.3) is 0 Å². The lowest BCUT2D eigenvalue weighted by atomic mass is 10.1. The fraction of sp³-hybridized carbons (Fsp3) is 0.227. The summed E-state index contributed by atoms with van der Waals surface area (Å²) in [5.41, 5.74) is 3.57. The third-order valence-corrected chi connectivity index (χ3v) is 6.11. The zero-order chi connectivity index (χ0) is 21.1. The molecule has 0 spiro atoms. The summed E-state index contributed by atoms with van der Waals surface area (Å²) in [7, 11) is 1.75. The van der Waals surface area contributed by atoms with E-state index in [-0.39, 0.29) is 18.4 Å². The average Bonchev–Trinajstić information content (AvgIpc) is 3.35. The van der Waals surface area contributed by atoms with Gasteiger partial charge >= 0.3 is 0 Å². The van der Waals surface area contributed by atoms with Crippen LogP contribution in [0.25, 0.3) is 16.9 Å². The SMILES string of the molecule is CN(Cc1cn(-c2ccccc2)nc1-c1ccc(Cl)cc1)C(=O)CN1CSCC1=O. The highest BCUT2D eigenvalue weighted by Gasteiger charge is 2.25. The summed E-state index contributed by atoms with van der Waals surface area (Å²) in [5.74, 6) is 0.933. The van der Waals surface area contributed by atoms with Crippen molar-refractivity contribution in [3.8, 4) is 16.9 Å². The molecular formula is C22H21ClN4O2S. The molecule has 0 N–H and O–H groups in total. The van der Waals surface area contributed by atoms with Gasteiger partial charge in [0, 0.05) is 35.9 Å². The molecule has 0 aliphatic carbocycles. The predicted octanol–water partition coefficient (Wildman–Crippen LogP) is 3.68. The lowest BCUT2D eigenvalue weighted by molar-refractivity contribution is -0.137. The van der Waals surface area contributed by atoms with Gasteiger partial charge in [0.2, 0.25) is 11.8 Å². The van der Waals surface area contributed by atoms with Crippen LogP contribution in [0.1, 0.15) is 5.56 Å². The van der Waals surface area contributed by atoms with Crippen LogP contribution in [0, 0.1) is 0 Å². The van der Waals surface area contributed by atoms with Crippen molar-refractivity contribution in [3.05, 3.63) is 71.4 Å². The molecule has 0 unspecified atom stereocenters. The molecule has 0 atom stereocenters. The van der Waals surface area contributed by atoms with Gasteiger partial charge < -0.3 is 9.80 Å². The molecule has 1 aliphatic heterocycles. The van der Waals surface area contributed by atoms with Crippen molar-refractivity contribution in [2.24, 2.45) is 0 Å². The Labute approximate surface area is 184 Å². The fourth-order valence-electron chi connectivity index (χ4n) is 3.26. The molecule has 1 fully saturated rings. The summed E-state index contributed by atoms with van der Waals surface area (Å²) >= 11 is 7.58. The lowest BCUT2D eigenvalue weighted by Crippen LogP contribution is -2.38. The second-order valence-corrected chi connectivity index (χ2v) is 8.50. The van der Waals surface area contributed by atoms with E-state index in [0.29, 0.717) is 23.2 Å². The number of carbonyl (C=O) groups is 2. The van der Waals surface area contributed by atoms with Gasteiger partial charge in [-0.05, 0) is 24.3 Å². The molecule has 3 aromatic rings. The molecule has 8 heteroatoms. The maximum absolute atomic E-state index is 12.7. The van der Waals surface area contributed by atoms with Gasteiger partial charge in [-0.1, -0.05) is 41.9 Å². The monoisotopic (exact) mass is 440 g/mol. The highest BCUT2D eigenvalue weighted by molar-refractivity contribution is 8.00. The minimum absolute atomic E-state index is 0.0144. The topological polar surface area (TPSA) is 58.4 Å². The fourth-order valence-corrected chi connectivity index (χ4v) is 4.29. The molecule has 2 amide bonds. The number of aromatic nitrogens is 2. The molecule has 2 heterocycles. The Morgan fingerprint density at radius 3 is 2.57 bits per heavy atom. The number of carbonyl (C=O) groups excluding carboxylic acids is 2. The second kappa shape index (κ2) is 8.93. The molecule has 6 nitrogen and oxygen atoms in total. The maximum atomic E-state index is 12.7. The van der Waals surface area contributed by atoms with Gasteiger partial charge in [0.15, 0.2) is 0 Å². The highest BCUT2D eigenvalue weighted by atomic mass is 35.5. The Morgan fingerprint density at radius 1 is 1.17 bits per heavy atom. The minimum Gasteiger partial charge on any atom is -0.340 e. The number of nitrogens with zero attached hydrogens (tertiary/aromatic N) is 4. The van der Waals surface area contributed by atoms with E-state index in [4.69, 9.17) is 16.7 Å². The van der Waals surface area contributed by atoms with E-state index in [0.717, 1.165) is 22.5 Å². The van der Waals surface area contributed by atoms with Crippen molar-refractivity contribution in [3.63, 3.8) is 0 Å². The van der Waals surface area contributed by atoms with Gasteiger partial charge in [-0.2, -0.15) is 5.10 Å². The number of para-hydroxylation sites is 1. The van der Waals surface area contributed by atoms with Gasteiger partial charge in [-0.25, -0.2) is 4.68 Å². The number of benzene rings is 2. The van der Waals surface area contributed by atoms with Crippen LogP contribution in [-0.4, -0.2) is 56.6 Å². The van der Waals surface area contributed by atoms with Crippen LogP contribution in [0.15, 0.2) is 60.8 Å². The molecule has 1 saturated heterocycles. The van der Waals surface area contributed by atoms with Crippen molar-refractivity contribution in [2.75, 3.05) is 25.2 Å². The van der Waals surface area contributed by atoms with E-state index in [2.05, 4.69) is 0 Å². The second-order valence-electron chi connectivity index (χ2n) is 7.11. The van der Waals surface area contributed by atoms with E-state index in [1.807, 2.05) is 65.5 Å². The van der Waals surface area contributed by atoms with Crippen molar-refractivity contribution in [2.45, 2.75) is 6.54 Å². The molecule has 154 valence electrons. The first-order chi connectivity index (χ1) is 14.5. The number of likely N-dealkylation sites (N-methyl/N-ethyl adjacent to an activating group) is 1. The maximum Gasteiger partial charge on any atom is 0.242 e. The van der Waals surface area contributed by atoms with Crippen LogP contribution in [0.2, 0.25) is 5.02 Å². The van der Waals surface area contributed by atoms with Gasteiger partial charge in [0.05, 0.1) is 23.0 Å². The zero-order valence-corrected chi connectivity index (χ0v) is 18.1. The Hall–Kier alpha value is -2.77. The molecule has 0 bridgehead atoms. The summed E-state index contributed by atoms with van der Waals surface area (Å²) in [6.45, 7) is 0.490. The smallest absolute Gasteiger partial charge is 0.242 e. The third-order valence-electron chi connectivity index (χ3n) is 4.91. The van der Waals surface area contributed by atoms with Crippen molar-refractivity contribution in [1.82, 2.24) is 19.6 Å². The Balaban J connectivity index is 1.60. The summed E-state index contributed by atoms with van der Waals surface area (Å²) in [5, 5.41) is 5.43. The number of rotatable bonds is 6. The molecule has 1 aliphatic rings. The number of hydrogen-bond donors (Lipinski definition) is 0. The van der Waals surface area contributed by atoms with Gasteiger partial charge in [-0.3, -0.25) is 9.59 Å². The Morgan fingerprint density at radius 2 is 1.90 bits per heavy atom. The average molecular weight is 441 g/mol. The summed E-state index contributed by atoms with van der Waals surface area (Å²) < 4.78 is 1.82. The van der Waals surface area contributed by atoms with Crippen LogP contribution in [0.4, 0.5) is 0 Å². The normalized spacial score (nSPS) is 13.7. The van der Waals surface area contributed by atoms with E-state index in [9.17, 15) is 9.59 Å². The summed E-state index contributed by atoms with van der Waals surface area (Å²) in [6, 6.07) is 17.3.